The van der Waals surface area contributed by atoms with Crippen molar-refractivity contribution >= 4 is 0 Å². The lowest BCUT2D eigenvalue weighted by Crippen LogP contribution is -2.44. The number of piperazine rings is 1. The minimum absolute atomic E-state index is 0.201. The van der Waals surface area contributed by atoms with Crippen molar-refractivity contribution in [2.45, 2.75) is 12.5 Å². The zero-order chi connectivity index (χ0) is 10.7. The summed E-state index contributed by atoms with van der Waals surface area (Å²) in [4.78, 5) is 2.34. The fourth-order valence-corrected chi connectivity index (χ4v) is 2.04. The van der Waals surface area contributed by atoms with Gasteiger partial charge >= 0.3 is 0 Å². The minimum atomic E-state index is -0.201. The molecule has 0 aromatic carbocycles. The molecular formula is C11H19N3O. The highest BCUT2D eigenvalue weighted by Gasteiger charge is 2.18. The third kappa shape index (κ3) is 2.59. The second-order valence-corrected chi connectivity index (χ2v) is 4.18. The molecule has 2 aliphatic rings. The summed E-state index contributed by atoms with van der Waals surface area (Å²) in [5.41, 5.74) is 6.77. The fraction of sp³-hybridized carbons (Fsp3) is 0.636. The highest BCUT2D eigenvalue weighted by molar-refractivity contribution is 5.30. The van der Waals surface area contributed by atoms with Crippen molar-refractivity contribution in [1.29, 1.82) is 0 Å². The number of nitrogens with one attached hydrogen (secondary N) is 1. The first kappa shape index (κ1) is 10.7. The molecule has 0 aromatic rings. The fourth-order valence-electron chi connectivity index (χ4n) is 2.04. The summed E-state index contributed by atoms with van der Waals surface area (Å²) < 4.78 is 0. The summed E-state index contributed by atoms with van der Waals surface area (Å²) in [5.74, 6) is 0.371. The van der Waals surface area contributed by atoms with Crippen LogP contribution in [0.1, 0.15) is 6.42 Å². The molecular weight excluding hydrogens is 190 g/mol. The van der Waals surface area contributed by atoms with E-state index in [1.165, 1.54) is 0 Å². The van der Waals surface area contributed by atoms with Gasteiger partial charge in [-0.2, -0.15) is 0 Å². The van der Waals surface area contributed by atoms with E-state index in [9.17, 15) is 5.11 Å². The molecule has 0 spiro atoms. The first-order valence-electron chi connectivity index (χ1n) is 5.54. The van der Waals surface area contributed by atoms with Crippen molar-refractivity contribution in [3.8, 4) is 0 Å². The van der Waals surface area contributed by atoms with Gasteiger partial charge in [0.05, 0.1) is 6.04 Å². The Bertz CT molecular complexity index is 280. The lowest BCUT2D eigenvalue weighted by molar-refractivity contribution is 0.254. The van der Waals surface area contributed by atoms with Gasteiger partial charge in [0.1, 0.15) is 5.76 Å². The van der Waals surface area contributed by atoms with Gasteiger partial charge in [-0.15, -0.1) is 0 Å². The number of nitrogens with two attached hydrogens (primary N) is 1. The van der Waals surface area contributed by atoms with E-state index in [2.05, 4.69) is 10.2 Å². The molecule has 1 atom stereocenters. The Morgan fingerprint density at radius 1 is 1.47 bits per heavy atom. The standard InChI is InChI=1S/C11H19N3O/c12-10-3-1-2-9(11(10)15)8-14-6-4-13-5-7-14/h1-2,10,13,15H,3-8,12H2. The third-order valence-corrected chi connectivity index (χ3v) is 2.99. The first-order chi connectivity index (χ1) is 7.27. The quantitative estimate of drug-likeness (QED) is 0.598. The second kappa shape index (κ2) is 4.79. The van der Waals surface area contributed by atoms with Crippen molar-refractivity contribution < 1.29 is 5.11 Å². The van der Waals surface area contributed by atoms with Gasteiger partial charge in [-0.1, -0.05) is 12.2 Å². The van der Waals surface area contributed by atoms with E-state index < -0.39 is 0 Å². The Morgan fingerprint density at radius 2 is 2.20 bits per heavy atom. The molecule has 0 amide bonds. The summed E-state index contributed by atoms with van der Waals surface area (Å²) >= 11 is 0. The molecule has 0 bridgehead atoms. The topological polar surface area (TPSA) is 61.5 Å². The van der Waals surface area contributed by atoms with E-state index in [-0.39, 0.29) is 6.04 Å². The Hall–Kier alpha value is -0.840. The third-order valence-electron chi connectivity index (χ3n) is 2.99. The Balaban J connectivity index is 1.97. The van der Waals surface area contributed by atoms with Gasteiger partial charge in [-0.05, 0) is 6.42 Å². The van der Waals surface area contributed by atoms with Crippen LogP contribution >= 0.6 is 0 Å². The number of aliphatic hydroxyl groups excluding tert-OH is 1. The van der Waals surface area contributed by atoms with Gasteiger partial charge in [0, 0.05) is 38.3 Å². The number of aliphatic hydroxyl groups is 1. The highest BCUT2D eigenvalue weighted by Crippen LogP contribution is 2.16. The van der Waals surface area contributed by atoms with Gasteiger partial charge in [0.2, 0.25) is 0 Å². The van der Waals surface area contributed by atoms with Gasteiger partial charge in [0.15, 0.2) is 0 Å². The average Bonchev–Trinajstić information content (AvgIpc) is 2.26. The predicted octanol–water partition coefficient (Wildman–Crippen LogP) is -0.00910. The maximum atomic E-state index is 9.83. The van der Waals surface area contributed by atoms with E-state index >= 15 is 0 Å². The maximum absolute atomic E-state index is 9.83. The molecule has 0 aromatic heterocycles. The molecule has 4 N–H and O–H groups in total. The highest BCUT2D eigenvalue weighted by atomic mass is 16.3. The van der Waals surface area contributed by atoms with Crippen LogP contribution < -0.4 is 11.1 Å². The summed E-state index contributed by atoms with van der Waals surface area (Å²) in [5, 5.41) is 13.1. The molecule has 1 aliphatic heterocycles. The summed E-state index contributed by atoms with van der Waals surface area (Å²) in [6.45, 7) is 4.96. The summed E-state index contributed by atoms with van der Waals surface area (Å²) in [7, 11) is 0. The predicted molar refractivity (Wildman–Crippen MR) is 60.7 cm³/mol. The van der Waals surface area contributed by atoms with Crippen LogP contribution in [-0.2, 0) is 0 Å². The molecule has 0 saturated carbocycles. The van der Waals surface area contributed by atoms with Crippen molar-refractivity contribution in [1.82, 2.24) is 10.2 Å². The van der Waals surface area contributed by atoms with Crippen LogP contribution in [0.2, 0.25) is 0 Å². The van der Waals surface area contributed by atoms with Crippen molar-refractivity contribution in [3.63, 3.8) is 0 Å². The number of hydrogen-bond acceptors (Lipinski definition) is 4. The van der Waals surface area contributed by atoms with Crippen LogP contribution in [0.15, 0.2) is 23.5 Å². The minimum Gasteiger partial charge on any atom is -0.510 e. The normalized spacial score (nSPS) is 28.5. The summed E-state index contributed by atoms with van der Waals surface area (Å²) in [6, 6.07) is -0.201. The molecule has 1 aliphatic carbocycles. The van der Waals surface area contributed by atoms with Gasteiger partial charge < -0.3 is 16.2 Å². The van der Waals surface area contributed by atoms with E-state index in [0.29, 0.717) is 5.76 Å². The number of hydrogen-bond donors (Lipinski definition) is 3. The van der Waals surface area contributed by atoms with Crippen molar-refractivity contribution in [2.75, 3.05) is 32.7 Å². The van der Waals surface area contributed by atoms with Crippen LogP contribution in [0.3, 0.4) is 0 Å². The maximum Gasteiger partial charge on any atom is 0.114 e. The van der Waals surface area contributed by atoms with Gasteiger partial charge in [0.25, 0.3) is 0 Å². The van der Waals surface area contributed by atoms with E-state index in [1.807, 2.05) is 12.2 Å². The molecule has 1 saturated heterocycles. The van der Waals surface area contributed by atoms with Gasteiger partial charge in [-0.25, -0.2) is 0 Å². The zero-order valence-corrected chi connectivity index (χ0v) is 8.95. The van der Waals surface area contributed by atoms with Crippen LogP contribution in [-0.4, -0.2) is 48.8 Å². The van der Waals surface area contributed by atoms with Crippen LogP contribution in [0.5, 0.6) is 0 Å². The molecule has 2 rings (SSSR count). The molecule has 4 heteroatoms. The Labute approximate surface area is 90.4 Å². The average molecular weight is 209 g/mol. The molecule has 1 heterocycles. The van der Waals surface area contributed by atoms with Crippen molar-refractivity contribution in [2.24, 2.45) is 5.73 Å². The van der Waals surface area contributed by atoms with E-state index in [4.69, 9.17) is 5.73 Å². The van der Waals surface area contributed by atoms with Gasteiger partial charge in [-0.3, -0.25) is 4.90 Å². The van der Waals surface area contributed by atoms with Crippen LogP contribution in [0.25, 0.3) is 0 Å². The lowest BCUT2D eigenvalue weighted by atomic mass is 10.0. The van der Waals surface area contributed by atoms with Crippen LogP contribution in [0.4, 0.5) is 0 Å². The first-order valence-corrected chi connectivity index (χ1v) is 5.54. The molecule has 1 unspecified atom stereocenters. The SMILES string of the molecule is NC1CC=CC(CN2CCNCC2)=C1O. The molecule has 0 radical (unpaired) electrons. The monoisotopic (exact) mass is 209 g/mol. The molecule has 1 fully saturated rings. The smallest absolute Gasteiger partial charge is 0.114 e. The summed E-state index contributed by atoms with van der Waals surface area (Å²) in [6.07, 6.45) is 4.79. The Morgan fingerprint density at radius 3 is 2.93 bits per heavy atom. The molecule has 84 valence electrons. The van der Waals surface area contributed by atoms with Crippen LogP contribution in [0, 0.1) is 0 Å². The number of nitrogens with zero attached hydrogens (tertiary/aromatic N) is 1. The van der Waals surface area contributed by atoms with E-state index in [0.717, 1.165) is 44.7 Å². The zero-order valence-electron chi connectivity index (χ0n) is 8.95. The molecule has 15 heavy (non-hydrogen) atoms. The van der Waals surface area contributed by atoms with E-state index in [1.54, 1.807) is 0 Å². The second-order valence-electron chi connectivity index (χ2n) is 4.18. The molecule has 4 nitrogen and oxygen atoms in total. The largest absolute Gasteiger partial charge is 0.510 e. The Kier molecular flexibility index (Phi) is 3.41. The number of rotatable bonds is 2. The van der Waals surface area contributed by atoms with Crippen molar-refractivity contribution in [3.05, 3.63) is 23.5 Å². The lowest BCUT2D eigenvalue weighted by Gasteiger charge is -2.29.